The van der Waals surface area contributed by atoms with Crippen LogP contribution in [0.4, 0.5) is 5.82 Å². The van der Waals surface area contributed by atoms with E-state index in [-0.39, 0.29) is 24.3 Å². The number of anilines is 1. The Morgan fingerprint density at radius 1 is 1.08 bits per heavy atom. The first-order valence-corrected chi connectivity index (χ1v) is 8.95. The fourth-order valence-electron chi connectivity index (χ4n) is 3.50. The number of piperazine rings is 1. The maximum Gasteiger partial charge on any atom is 0.232 e. The molecule has 0 aromatic carbocycles. The van der Waals surface area contributed by atoms with E-state index >= 15 is 0 Å². The number of nitrogens with zero attached hydrogens (tertiary/aromatic N) is 3. The Labute approximate surface area is 143 Å². The largest absolute Gasteiger partial charge is 0.353 e. The number of aromatic nitrogens is 1. The molecule has 0 atom stereocenters. The zero-order valence-corrected chi connectivity index (χ0v) is 14.1. The maximum atomic E-state index is 12.3. The Balaban J connectivity index is 1.42. The topological polar surface area (TPSA) is 65.5 Å². The van der Waals surface area contributed by atoms with Crippen molar-refractivity contribution in [3.63, 3.8) is 0 Å². The van der Waals surface area contributed by atoms with Gasteiger partial charge in [0, 0.05) is 38.4 Å². The third-order valence-electron chi connectivity index (χ3n) is 4.89. The lowest BCUT2D eigenvalue weighted by molar-refractivity contribution is -0.136. The molecule has 2 fully saturated rings. The van der Waals surface area contributed by atoms with Gasteiger partial charge in [0.05, 0.1) is 0 Å². The Morgan fingerprint density at radius 2 is 1.83 bits per heavy atom. The van der Waals surface area contributed by atoms with Crippen LogP contribution in [-0.2, 0) is 9.59 Å². The lowest BCUT2D eigenvalue weighted by Gasteiger charge is -2.35. The molecule has 1 saturated heterocycles. The molecule has 1 saturated carbocycles. The molecule has 24 heavy (non-hydrogen) atoms. The smallest absolute Gasteiger partial charge is 0.232 e. The molecule has 6 heteroatoms. The molecule has 1 aromatic rings. The lowest BCUT2D eigenvalue weighted by Crippen LogP contribution is -2.50. The summed E-state index contributed by atoms with van der Waals surface area (Å²) < 4.78 is 0. The summed E-state index contributed by atoms with van der Waals surface area (Å²) in [6.45, 7) is 2.80. The second-order valence-electron chi connectivity index (χ2n) is 6.63. The predicted octanol–water partition coefficient (Wildman–Crippen LogP) is 1.57. The molecule has 2 amide bonds. The molecule has 1 aliphatic heterocycles. The summed E-state index contributed by atoms with van der Waals surface area (Å²) >= 11 is 0. The van der Waals surface area contributed by atoms with Gasteiger partial charge in [-0.2, -0.15) is 0 Å². The van der Waals surface area contributed by atoms with Crippen molar-refractivity contribution in [2.45, 2.75) is 44.6 Å². The van der Waals surface area contributed by atoms with E-state index < -0.39 is 0 Å². The van der Waals surface area contributed by atoms with Crippen LogP contribution < -0.4 is 10.2 Å². The van der Waals surface area contributed by atoms with Crippen molar-refractivity contribution in [3.05, 3.63) is 24.4 Å². The van der Waals surface area contributed by atoms with E-state index in [1.54, 1.807) is 11.1 Å². The molecular formula is C18H26N4O2. The van der Waals surface area contributed by atoms with E-state index in [1.165, 1.54) is 19.3 Å². The van der Waals surface area contributed by atoms with E-state index in [0.717, 1.165) is 31.7 Å². The molecular weight excluding hydrogens is 304 g/mol. The number of amides is 2. The standard InChI is InChI=1S/C18H26N4O2/c23-17(20-15-6-2-1-3-7-15)14-18(24)22-12-10-21(11-13-22)16-8-4-5-9-19-16/h4-5,8-9,15H,1-3,6-7,10-14H2,(H,20,23). The van der Waals surface area contributed by atoms with Gasteiger partial charge in [-0.05, 0) is 25.0 Å². The van der Waals surface area contributed by atoms with Crippen molar-refractivity contribution in [1.29, 1.82) is 0 Å². The molecule has 0 bridgehead atoms. The first-order chi connectivity index (χ1) is 11.7. The molecule has 130 valence electrons. The monoisotopic (exact) mass is 330 g/mol. The number of carbonyl (C=O) groups is 2. The van der Waals surface area contributed by atoms with Crippen LogP contribution in [0.2, 0.25) is 0 Å². The second-order valence-corrected chi connectivity index (χ2v) is 6.63. The fraction of sp³-hybridized carbons (Fsp3) is 0.611. The van der Waals surface area contributed by atoms with Gasteiger partial charge in [0.25, 0.3) is 0 Å². The van der Waals surface area contributed by atoms with E-state index in [4.69, 9.17) is 0 Å². The number of carbonyl (C=O) groups excluding carboxylic acids is 2. The highest BCUT2D eigenvalue weighted by Crippen LogP contribution is 2.17. The van der Waals surface area contributed by atoms with E-state index in [9.17, 15) is 9.59 Å². The van der Waals surface area contributed by atoms with Gasteiger partial charge in [-0.25, -0.2) is 4.98 Å². The van der Waals surface area contributed by atoms with Gasteiger partial charge in [0.2, 0.25) is 11.8 Å². The molecule has 2 heterocycles. The second kappa shape index (κ2) is 8.13. The molecule has 6 nitrogen and oxygen atoms in total. The van der Waals surface area contributed by atoms with Crippen LogP contribution in [0.1, 0.15) is 38.5 Å². The number of nitrogens with one attached hydrogen (secondary N) is 1. The van der Waals surface area contributed by atoms with Crippen LogP contribution in [-0.4, -0.2) is 53.9 Å². The summed E-state index contributed by atoms with van der Waals surface area (Å²) in [5.74, 6) is 0.752. The molecule has 1 N–H and O–H groups in total. The normalized spacial score (nSPS) is 19.2. The number of hydrogen-bond donors (Lipinski definition) is 1. The van der Waals surface area contributed by atoms with Crippen LogP contribution in [0.3, 0.4) is 0 Å². The third-order valence-corrected chi connectivity index (χ3v) is 4.89. The van der Waals surface area contributed by atoms with Crippen molar-refractivity contribution in [2.75, 3.05) is 31.1 Å². The number of rotatable bonds is 4. The van der Waals surface area contributed by atoms with E-state index in [1.807, 2.05) is 18.2 Å². The van der Waals surface area contributed by atoms with Gasteiger partial charge >= 0.3 is 0 Å². The Hall–Kier alpha value is -2.11. The van der Waals surface area contributed by atoms with Crippen LogP contribution in [0, 0.1) is 0 Å². The highest BCUT2D eigenvalue weighted by Gasteiger charge is 2.24. The average molecular weight is 330 g/mol. The molecule has 0 unspecified atom stereocenters. The van der Waals surface area contributed by atoms with Crippen molar-refractivity contribution in [3.8, 4) is 0 Å². The highest BCUT2D eigenvalue weighted by atomic mass is 16.2. The quantitative estimate of drug-likeness (QED) is 0.851. The summed E-state index contributed by atoms with van der Waals surface area (Å²) in [7, 11) is 0. The minimum atomic E-state index is -0.126. The minimum Gasteiger partial charge on any atom is -0.353 e. The number of pyridine rings is 1. The Kier molecular flexibility index (Phi) is 5.67. The molecule has 0 spiro atoms. The van der Waals surface area contributed by atoms with Crippen molar-refractivity contribution < 1.29 is 9.59 Å². The SMILES string of the molecule is O=C(CC(=O)N1CCN(c2ccccn2)CC1)NC1CCCCC1. The summed E-state index contributed by atoms with van der Waals surface area (Å²) in [6.07, 6.45) is 7.45. The van der Waals surface area contributed by atoms with Crippen molar-refractivity contribution in [1.82, 2.24) is 15.2 Å². The summed E-state index contributed by atoms with van der Waals surface area (Å²) in [5.41, 5.74) is 0. The van der Waals surface area contributed by atoms with Crippen LogP contribution in [0.15, 0.2) is 24.4 Å². The van der Waals surface area contributed by atoms with Crippen LogP contribution in [0.25, 0.3) is 0 Å². The Bertz CT molecular complexity index is 549. The first kappa shape index (κ1) is 16.7. The summed E-state index contributed by atoms with van der Waals surface area (Å²) in [4.78, 5) is 32.7. The maximum absolute atomic E-state index is 12.3. The van der Waals surface area contributed by atoms with Gasteiger partial charge in [-0.15, -0.1) is 0 Å². The van der Waals surface area contributed by atoms with Crippen molar-refractivity contribution >= 4 is 17.6 Å². The lowest BCUT2D eigenvalue weighted by atomic mass is 9.95. The minimum absolute atomic E-state index is 0.0277. The van der Waals surface area contributed by atoms with Crippen molar-refractivity contribution in [2.24, 2.45) is 0 Å². The zero-order valence-electron chi connectivity index (χ0n) is 14.1. The molecule has 1 aromatic heterocycles. The average Bonchev–Trinajstić information content (AvgIpc) is 2.63. The van der Waals surface area contributed by atoms with Gasteiger partial charge < -0.3 is 15.1 Å². The zero-order chi connectivity index (χ0) is 16.8. The number of hydrogen-bond acceptors (Lipinski definition) is 4. The molecule has 3 rings (SSSR count). The fourth-order valence-corrected chi connectivity index (χ4v) is 3.50. The van der Waals surface area contributed by atoms with Gasteiger partial charge in [-0.1, -0.05) is 25.3 Å². The predicted molar refractivity (Wildman–Crippen MR) is 92.7 cm³/mol. The van der Waals surface area contributed by atoms with Gasteiger partial charge in [0.1, 0.15) is 12.2 Å². The van der Waals surface area contributed by atoms with Gasteiger partial charge in [-0.3, -0.25) is 9.59 Å². The molecule has 1 aliphatic carbocycles. The summed E-state index contributed by atoms with van der Waals surface area (Å²) in [6, 6.07) is 6.11. The molecule has 0 radical (unpaired) electrons. The third kappa shape index (κ3) is 4.46. The first-order valence-electron chi connectivity index (χ1n) is 8.95. The van der Waals surface area contributed by atoms with E-state index in [2.05, 4.69) is 15.2 Å². The Morgan fingerprint density at radius 3 is 2.50 bits per heavy atom. The van der Waals surface area contributed by atoms with E-state index in [0.29, 0.717) is 13.1 Å². The van der Waals surface area contributed by atoms with Crippen LogP contribution >= 0.6 is 0 Å². The van der Waals surface area contributed by atoms with Crippen LogP contribution in [0.5, 0.6) is 0 Å². The van der Waals surface area contributed by atoms with Gasteiger partial charge in [0.15, 0.2) is 0 Å². The molecule has 2 aliphatic rings. The summed E-state index contributed by atoms with van der Waals surface area (Å²) in [5, 5.41) is 3.02. The highest BCUT2D eigenvalue weighted by molar-refractivity contribution is 5.97.